The van der Waals surface area contributed by atoms with Gasteiger partial charge in [-0.3, -0.25) is 4.79 Å². The molecule has 108 valence electrons. The first kappa shape index (κ1) is 14.9. The second kappa shape index (κ2) is 6.79. The number of carbonyl (C=O) groups is 1. The molecule has 2 nitrogen and oxygen atoms in total. The van der Waals surface area contributed by atoms with Crippen LogP contribution in [0.1, 0.15) is 21.5 Å². The van der Waals surface area contributed by atoms with Crippen LogP contribution in [-0.4, -0.2) is 12.4 Å². The lowest BCUT2D eigenvalue weighted by Gasteiger charge is -2.05. The smallest absolute Gasteiger partial charge is 0.387 e. The van der Waals surface area contributed by atoms with Crippen molar-refractivity contribution in [1.82, 2.24) is 0 Å². The lowest BCUT2D eigenvalue weighted by Crippen LogP contribution is -2.03. The number of carbonyl (C=O) groups excluding carboxylic acids is 1. The predicted molar refractivity (Wildman–Crippen MR) is 77.6 cm³/mol. The Hall–Kier alpha value is -2.49. The molecule has 0 aliphatic heterocycles. The molecule has 0 saturated heterocycles. The Morgan fingerprint density at radius 3 is 2.62 bits per heavy atom. The minimum atomic E-state index is -2.90. The second-order valence-electron chi connectivity index (χ2n) is 4.46. The quantitative estimate of drug-likeness (QED) is 0.598. The van der Waals surface area contributed by atoms with E-state index in [9.17, 15) is 13.6 Å². The Labute approximate surface area is 121 Å². The topological polar surface area (TPSA) is 26.3 Å². The van der Waals surface area contributed by atoms with Crippen LogP contribution in [0.4, 0.5) is 8.78 Å². The fourth-order valence-electron chi connectivity index (χ4n) is 1.86. The number of ether oxygens (including phenoxy) is 1. The molecule has 0 amide bonds. The number of ketones is 1. The van der Waals surface area contributed by atoms with Gasteiger partial charge in [0.25, 0.3) is 0 Å². The maximum atomic E-state index is 12.1. The van der Waals surface area contributed by atoms with Gasteiger partial charge in [-0.2, -0.15) is 8.78 Å². The van der Waals surface area contributed by atoms with E-state index >= 15 is 0 Å². The molecular weight excluding hydrogens is 274 g/mol. The first-order valence-corrected chi connectivity index (χ1v) is 6.39. The van der Waals surface area contributed by atoms with Crippen LogP contribution in [0.25, 0.3) is 6.08 Å². The summed E-state index contributed by atoms with van der Waals surface area (Å²) in [4.78, 5) is 12.0. The lowest BCUT2D eigenvalue weighted by molar-refractivity contribution is -0.0498. The van der Waals surface area contributed by atoms with Gasteiger partial charge in [0.2, 0.25) is 0 Å². The van der Waals surface area contributed by atoms with E-state index in [1.807, 2.05) is 31.2 Å². The highest BCUT2D eigenvalue weighted by molar-refractivity contribution is 6.07. The molecule has 2 aromatic rings. The molecule has 0 aliphatic rings. The fourth-order valence-corrected chi connectivity index (χ4v) is 1.86. The summed E-state index contributed by atoms with van der Waals surface area (Å²) in [6.07, 6.45) is 3.13. The SMILES string of the molecule is Cc1ccccc1/C=C/C(=O)c1cccc(OC(F)F)c1. The van der Waals surface area contributed by atoms with Crippen molar-refractivity contribution in [2.75, 3.05) is 0 Å². The molecule has 0 aromatic heterocycles. The number of allylic oxidation sites excluding steroid dienone is 1. The zero-order valence-corrected chi connectivity index (χ0v) is 11.4. The fraction of sp³-hybridized carbons (Fsp3) is 0.118. The first-order valence-electron chi connectivity index (χ1n) is 6.39. The Kier molecular flexibility index (Phi) is 4.82. The van der Waals surface area contributed by atoms with Crippen molar-refractivity contribution in [3.63, 3.8) is 0 Å². The van der Waals surface area contributed by atoms with Gasteiger partial charge in [0.15, 0.2) is 5.78 Å². The minimum Gasteiger partial charge on any atom is -0.435 e. The predicted octanol–water partition coefficient (Wildman–Crippen LogP) is 4.49. The van der Waals surface area contributed by atoms with Gasteiger partial charge in [-0.05, 0) is 36.3 Å². The zero-order chi connectivity index (χ0) is 15.2. The highest BCUT2D eigenvalue weighted by atomic mass is 19.3. The van der Waals surface area contributed by atoms with Crippen LogP contribution in [0.15, 0.2) is 54.6 Å². The average Bonchev–Trinajstić information content (AvgIpc) is 2.45. The maximum Gasteiger partial charge on any atom is 0.387 e. The molecule has 0 N–H and O–H groups in total. The van der Waals surface area contributed by atoms with Crippen molar-refractivity contribution < 1.29 is 18.3 Å². The van der Waals surface area contributed by atoms with Crippen LogP contribution < -0.4 is 4.74 Å². The molecule has 2 rings (SSSR count). The van der Waals surface area contributed by atoms with Crippen molar-refractivity contribution in [3.8, 4) is 5.75 Å². The highest BCUT2D eigenvalue weighted by Gasteiger charge is 2.07. The summed E-state index contributed by atoms with van der Waals surface area (Å²) in [5.41, 5.74) is 2.29. The van der Waals surface area contributed by atoms with E-state index in [1.54, 1.807) is 12.1 Å². The van der Waals surface area contributed by atoms with Gasteiger partial charge >= 0.3 is 6.61 Å². The first-order chi connectivity index (χ1) is 10.1. The Bertz CT molecular complexity index is 663. The van der Waals surface area contributed by atoms with E-state index in [0.29, 0.717) is 5.56 Å². The van der Waals surface area contributed by atoms with Crippen molar-refractivity contribution in [2.24, 2.45) is 0 Å². The number of benzene rings is 2. The molecular formula is C17H14F2O2. The van der Waals surface area contributed by atoms with E-state index < -0.39 is 6.61 Å². The van der Waals surface area contributed by atoms with Gasteiger partial charge in [-0.15, -0.1) is 0 Å². The standard InChI is InChI=1S/C17H14F2O2/c1-12-5-2-3-6-13(12)9-10-16(20)14-7-4-8-15(11-14)21-17(18)19/h2-11,17H,1H3/b10-9+. The minimum absolute atomic E-state index is 0.0276. The van der Waals surface area contributed by atoms with E-state index in [4.69, 9.17) is 0 Å². The number of rotatable bonds is 5. The molecule has 0 radical (unpaired) electrons. The van der Waals surface area contributed by atoms with Crippen molar-refractivity contribution >= 4 is 11.9 Å². The summed E-state index contributed by atoms with van der Waals surface area (Å²) in [5, 5.41) is 0. The zero-order valence-electron chi connectivity index (χ0n) is 11.4. The Morgan fingerprint density at radius 1 is 1.14 bits per heavy atom. The second-order valence-corrected chi connectivity index (χ2v) is 4.46. The molecule has 0 heterocycles. The third-order valence-electron chi connectivity index (χ3n) is 2.95. The molecule has 0 aliphatic carbocycles. The Balaban J connectivity index is 2.15. The molecule has 0 spiro atoms. The summed E-state index contributed by atoms with van der Waals surface area (Å²) in [6, 6.07) is 13.4. The summed E-state index contributed by atoms with van der Waals surface area (Å²) in [5.74, 6) is -0.293. The summed E-state index contributed by atoms with van der Waals surface area (Å²) >= 11 is 0. The number of hydrogen-bond donors (Lipinski definition) is 0. The molecule has 21 heavy (non-hydrogen) atoms. The van der Waals surface area contributed by atoms with Crippen LogP contribution in [0.2, 0.25) is 0 Å². The van der Waals surface area contributed by atoms with Gasteiger partial charge in [0.05, 0.1) is 0 Å². The van der Waals surface area contributed by atoms with Crippen LogP contribution in [0.3, 0.4) is 0 Å². The van der Waals surface area contributed by atoms with Crippen LogP contribution >= 0.6 is 0 Å². The van der Waals surface area contributed by atoms with E-state index in [0.717, 1.165) is 11.1 Å². The van der Waals surface area contributed by atoms with Crippen LogP contribution in [0, 0.1) is 6.92 Å². The third-order valence-corrected chi connectivity index (χ3v) is 2.95. The molecule has 0 saturated carbocycles. The average molecular weight is 288 g/mol. The lowest BCUT2D eigenvalue weighted by atomic mass is 10.1. The highest BCUT2D eigenvalue weighted by Crippen LogP contribution is 2.17. The van der Waals surface area contributed by atoms with E-state index in [1.165, 1.54) is 24.3 Å². The van der Waals surface area contributed by atoms with Gasteiger partial charge in [-0.25, -0.2) is 0 Å². The van der Waals surface area contributed by atoms with Crippen LogP contribution in [-0.2, 0) is 0 Å². The van der Waals surface area contributed by atoms with Crippen molar-refractivity contribution in [2.45, 2.75) is 13.5 Å². The van der Waals surface area contributed by atoms with E-state index in [-0.39, 0.29) is 11.5 Å². The van der Waals surface area contributed by atoms with Crippen molar-refractivity contribution in [3.05, 3.63) is 71.3 Å². The molecule has 0 fully saturated rings. The van der Waals surface area contributed by atoms with Gasteiger partial charge < -0.3 is 4.74 Å². The van der Waals surface area contributed by atoms with Gasteiger partial charge in [-0.1, -0.05) is 42.5 Å². The molecule has 0 unspecified atom stereocenters. The number of alkyl halides is 2. The summed E-state index contributed by atoms with van der Waals surface area (Å²) in [7, 11) is 0. The molecule has 0 atom stereocenters. The summed E-state index contributed by atoms with van der Waals surface area (Å²) in [6.45, 7) is -0.959. The number of aryl methyl sites for hydroxylation is 1. The van der Waals surface area contributed by atoms with Gasteiger partial charge in [0, 0.05) is 5.56 Å². The molecule has 2 aromatic carbocycles. The Morgan fingerprint density at radius 2 is 1.90 bits per heavy atom. The summed E-state index contributed by atoms with van der Waals surface area (Å²) < 4.78 is 28.6. The number of halogens is 2. The van der Waals surface area contributed by atoms with Crippen LogP contribution in [0.5, 0.6) is 5.75 Å². The monoisotopic (exact) mass is 288 g/mol. The normalized spacial score (nSPS) is 11.0. The van der Waals surface area contributed by atoms with E-state index in [2.05, 4.69) is 4.74 Å². The molecule has 0 bridgehead atoms. The maximum absolute atomic E-state index is 12.1. The third kappa shape index (κ3) is 4.24. The molecule has 4 heteroatoms. The number of hydrogen-bond acceptors (Lipinski definition) is 2. The largest absolute Gasteiger partial charge is 0.435 e. The van der Waals surface area contributed by atoms with Crippen molar-refractivity contribution in [1.29, 1.82) is 0 Å². The van der Waals surface area contributed by atoms with Gasteiger partial charge in [0.1, 0.15) is 5.75 Å².